The molecule has 4 amide bonds. The van der Waals surface area contributed by atoms with Crippen molar-refractivity contribution in [1.82, 2.24) is 30.6 Å². The second-order valence-electron chi connectivity index (χ2n) is 10.1. The van der Waals surface area contributed by atoms with Crippen LogP contribution in [0.15, 0.2) is 41.6 Å². The molecule has 1 heterocycles. The molecule has 1 saturated carbocycles. The van der Waals surface area contributed by atoms with Crippen molar-refractivity contribution in [2.45, 2.75) is 69.9 Å². The lowest BCUT2D eigenvalue weighted by Gasteiger charge is -2.22. The Morgan fingerprint density at radius 3 is 2.24 bits per heavy atom. The number of benzene rings is 1. The first kappa shape index (κ1) is 35.9. The van der Waals surface area contributed by atoms with E-state index in [2.05, 4.69) is 30.6 Å². The van der Waals surface area contributed by atoms with E-state index in [4.69, 9.17) is 13.8 Å². The number of hydrogen-bond donors (Lipinski definition) is 4. The molecule has 45 heavy (non-hydrogen) atoms. The lowest BCUT2D eigenvalue weighted by atomic mass is 9.96. The van der Waals surface area contributed by atoms with Crippen LogP contribution in [-0.2, 0) is 41.4 Å². The van der Waals surface area contributed by atoms with Crippen LogP contribution in [-0.4, -0.2) is 74.9 Å². The van der Waals surface area contributed by atoms with Crippen molar-refractivity contribution in [1.29, 1.82) is 0 Å². The van der Waals surface area contributed by atoms with E-state index in [0.717, 1.165) is 37.7 Å². The van der Waals surface area contributed by atoms with Gasteiger partial charge in [-0.3, -0.25) is 14.3 Å². The summed E-state index contributed by atoms with van der Waals surface area (Å²) in [6.07, 6.45) is 7.05. The molecule has 4 N–H and O–H groups in total. The first-order valence-corrected chi connectivity index (χ1v) is 18.0. The molecule has 0 radical (unpaired) electrons. The summed E-state index contributed by atoms with van der Waals surface area (Å²) in [6, 6.07) is 5.28. The number of rotatable bonds is 16. The Labute approximate surface area is 263 Å². The molecule has 2 aromatic rings. The van der Waals surface area contributed by atoms with Gasteiger partial charge in [0.05, 0.1) is 42.4 Å². The quantitative estimate of drug-likeness (QED) is 0.191. The molecule has 17 heteroatoms. The lowest BCUT2D eigenvalue weighted by Crippen LogP contribution is -2.45. The van der Waals surface area contributed by atoms with Gasteiger partial charge in [0.15, 0.2) is 0 Å². The molecule has 0 bridgehead atoms. The molecular weight excluding hydrogens is 627 g/mol. The Bertz CT molecular complexity index is 1410. The summed E-state index contributed by atoms with van der Waals surface area (Å²) in [4.78, 5) is 44.7. The average Bonchev–Trinajstić information content (AvgIpc) is 3.01. The second-order valence-corrected chi connectivity index (χ2v) is 14.0. The molecule has 1 aliphatic carbocycles. The largest absolute Gasteiger partial charge is 0.443 e. The predicted molar refractivity (Wildman–Crippen MR) is 164 cm³/mol. The number of alkyl carbamates (subject to hydrolysis) is 1. The molecule has 1 aromatic heterocycles. The Hall–Kier alpha value is -3.59. The fourth-order valence-electron chi connectivity index (χ4n) is 4.48. The van der Waals surface area contributed by atoms with Crippen molar-refractivity contribution in [2.75, 3.05) is 32.5 Å². The van der Waals surface area contributed by atoms with Gasteiger partial charge in [0.1, 0.15) is 12.3 Å². The topological polar surface area (TPSA) is 204 Å². The van der Waals surface area contributed by atoms with E-state index < -0.39 is 35.7 Å². The molecule has 15 nitrogen and oxygen atoms in total. The number of ether oxygens (including phenoxy) is 1. The summed E-state index contributed by atoms with van der Waals surface area (Å²) in [6.45, 7) is 3.92. The molecule has 0 unspecified atom stereocenters. The zero-order chi connectivity index (χ0) is 32.7. The fraction of sp³-hybridized carbons (Fsp3) is 0.536. The van der Waals surface area contributed by atoms with Gasteiger partial charge in [0.2, 0.25) is 0 Å². The second kappa shape index (κ2) is 17.8. The number of sulfonamides is 1. The first-order valence-electron chi connectivity index (χ1n) is 14.8. The van der Waals surface area contributed by atoms with E-state index in [9.17, 15) is 27.4 Å². The van der Waals surface area contributed by atoms with Gasteiger partial charge in [0, 0.05) is 19.1 Å². The molecule has 1 fully saturated rings. The maximum Gasteiger partial charge on any atom is 0.407 e. The smallest absolute Gasteiger partial charge is 0.407 e. The van der Waals surface area contributed by atoms with E-state index >= 15 is 0 Å². The summed E-state index contributed by atoms with van der Waals surface area (Å²) in [5.74, 6) is -0.465. The standard InChI is InChI=1S/C28H41N6O9PS/c1-3-42-44(38,43-4-2)17-16-30-28(37)41-20-23-18-32-25(19-31-23)26(35)29-15-14-21-10-12-24(13-11-21)45(39,40)34-27(36)33-22-8-6-5-7-9-22/h10-13,18-19,22H,3-9,14-17,20H2,1-2H3,(H,29,35)(H,30,37)(H2,33,34,36). The van der Waals surface area contributed by atoms with Crippen LogP contribution >= 0.6 is 7.60 Å². The third-order valence-corrected chi connectivity index (χ3v) is 10.1. The highest BCUT2D eigenvalue weighted by molar-refractivity contribution is 7.90. The highest BCUT2D eigenvalue weighted by Gasteiger charge is 2.24. The van der Waals surface area contributed by atoms with Crippen LogP contribution in [0.2, 0.25) is 0 Å². The van der Waals surface area contributed by atoms with Gasteiger partial charge in [-0.25, -0.2) is 27.7 Å². The lowest BCUT2D eigenvalue weighted by molar-refractivity contribution is 0.0947. The van der Waals surface area contributed by atoms with Crippen molar-refractivity contribution in [3.05, 3.63) is 53.6 Å². The fourth-order valence-corrected chi connectivity index (χ4v) is 6.90. The van der Waals surface area contributed by atoms with Gasteiger partial charge in [-0.15, -0.1) is 0 Å². The number of hydrogen-bond acceptors (Lipinski definition) is 11. The molecule has 1 aliphatic rings. The number of urea groups is 1. The van der Waals surface area contributed by atoms with Crippen molar-refractivity contribution < 1.29 is 41.2 Å². The predicted octanol–water partition coefficient (Wildman–Crippen LogP) is 3.26. The Morgan fingerprint density at radius 2 is 1.62 bits per heavy atom. The number of amides is 4. The molecule has 3 rings (SSSR count). The molecule has 0 aliphatic heterocycles. The Balaban J connectivity index is 1.37. The van der Waals surface area contributed by atoms with Crippen molar-refractivity contribution in [2.24, 2.45) is 0 Å². The van der Waals surface area contributed by atoms with Crippen LogP contribution < -0.4 is 20.7 Å². The number of nitrogens with one attached hydrogen (secondary N) is 4. The maximum absolute atomic E-state index is 12.6. The van der Waals surface area contributed by atoms with Gasteiger partial charge in [0.25, 0.3) is 15.9 Å². The molecule has 248 valence electrons. The summed E-state index contributed by atoms with van der Waals surface area (Å²) in [5.41, 5.74) is 1.15. The van der Waals surface area contributed by atoms with Crippen LogP contribution in [0.25, 0.3) is 0 Å². The third kappa shape index (κ3) is 12.4. The van der Waals surface area contributed by atoms with E-state index in [1.54, 1.807) is 26.0 Å². The highest BCUT2D eigenvalue weighted by Crippen LogP contribution is 2.47. The number of nitrogens with zero attached hydrogens (tertiary/aromatic N) is 2. The maximum atomic E-state index is 12.6. The molecule has 1 aromatic carbocycles. The van der Waals surface area contributed by atoms with Crippen LogP contribution in [0.3, 0.4) is 0 Å². The van der Waals surface area contributed by atoms with Gasteiger partial charge < -0.3 is 29.7 Å². The molecule has 0 atom stereocenters. The molecule has 0 spiro atoms. The van der Waals surface area contributed by atoms with Crippen LogP contribution in [0.4, 0.5) is 9.59 Å². The number of carbonyl (C=O) groups is 3. The highest BCUT2D eigenvalue weighted by atomic mass is 32.2. The summed E-state index contributed by atoms with van der Waals surface area (Å²) in [5, 5.41) is 7.91. The minimum absolute atomic E-state index is 0.00150. The van der Waals surface area contributed by atoms with Crippen LogP contribution in [0.1, 0.15) is 67.7 Å². The average molecular weight is 669 g/mol. The van der Waals surface area contributed by atoms with Gasteiger partial charge >= 0.3 is 19.7 Å². The Kier molecular flexibility index (Phi) is 14.2. The summed E-state index contributed by atoms with van der Waals surface area (Å²) >= 11 is 0. The minimum atomic E-state index is -4.02. The van der Waals surface area contributed by atoms with Crippen molar-refractivity contribution in [3.63, 3.8) is 0 Å². The van der Waals surface area contributed by atoms with Crippen LogP contribution in [0, 0.1) is 0 Å². The SMILES string of the molecule is CCOP(=O)(CCNC(=O)OCc1cnc(C(=O)NCCc2ccc(S(=O)(=O)NC(=O)NC3CCCCC3)cc2)cn1)OCC. The first-order chi connectivity index (χ1) is 21.5. The van der Waals surface area contributed by atoms with E-state index in [0.29, 0.717) is 12.1 Å². The Morgan fingerprint density at radius 1 is 0.933 bits per heavy atom. The number of carbonyl (C=O) groups excluding carboxylic acids is 3. The summed E-state index contributed by atoms with van der Waals surface area (Å²) < 4.78 is 55.0. The molecule has 0 saturated heterocycles. The third-order valence-electron chi connectivity index (χ3n) is 6.70. The normalized spacial score (nSPS) is 13.9. The van der Waals surface area contributed by atoms with Crippen LogP contribution in [0.5, 0.6) is 0 Å². The zero-order valence-corrected chi connectivity index (χ0v) is 27.2. The van der Waals surface area contributed by atoms with Gasteiger partial charge in [-0.2, -0.15) is 0 Å². The summed E-state index contributed by atoms with van der Waals surface area (Å²) in [7, 11) is -7.30. The van der Waals surface area contributed by atoms with Crippen molar-refractivity contribution in [3.8, 4) is 0 Å². The zero-order valence-electron chi connectivity index (χ0n) is 25.5. The minimum Gasteiger partial charge on any atom is -0.443 e. The van der Waals surface area contributed by atoms with Crippen molar-refractivity contribution >= 4 is 35.7 Å². The molecular formula is C28H41N6O9PS. The van der Waals surface area contributed by atoms with E-state index in [-0.39, 0.29) is 55.7 Å². The van der Waals surface area contributed by atoms with Gasteiger partial charge in [-0.1, -0.05) is 31.4 Å². The monoisotopic (exact) mass is 668 g/mol. The van der Waals surface area contributed by atoms with Gasteiger partial charge in [-0.05, 0) is 50.8 Å². The van der Waals surface area contributed by atoms with E-state index in [1.807, 2.05) is 0 Å². The number of aromatic nitrogens is 2. The van der Waals surface area contributed by atoms with E-state index in [1.165, 1.54) is 24.5 Å².